The van der Waals surface area contributed by atoms with E-state index in [9.17, 15) is 4.79 Å². The van der Waals surface area contributed by atoms with Gasteiger partial charge in [-0.1, -0.05) is 39.0 Å². The van der Waals surface area contributed by atoms with E-state index in [1.54, 1.807) is 0 Å². The van der Waals surface area contributed by atoms with E-state index in [0.29, 0.717) is 0 Å². The average molecular weight is 256 g/mol. The van der Waals surface area contributed by atoms with Gasteiger partial charge in [0.15, 0.2) is 0 Å². The number of nitrogens with one attached hydrogen (secondary N) is 1. The van der Waals surface area contributed by atoms with Crippen LogP contribution in [0.15, 0.2) is 0 Å². The molecular weight excluding hydrogens is 228 g/mol. The molecule has 0 saturated heterocycles. The minimum Gasteiger partial charge on any atom is -0.330 e. The fraction of sp³-hybridized carbons (Fsp3) is 0.929. The number of carbonyl (C=O) groups is 1. The number of nitrogens with two attached hydrogens (primary N) is 1. The Bertz CT molecular complexity index is 228. The van der Waals surface area contributed by atoms with Crippen molar-refractivity contribution < 1.29 is 9.63 Å². The summed E-state index contributed by atoms with van der Waals surface area (Å²) >= 11 is 0. The lowest BCUT2D eigenvalue weighted by atomic mass is 9.98. The first-order chi connectivity index (χ1) is 8.74. The molecule has 0 aliphatic heterocycles. The zero-order valence-corrected chi connectivity index (χ0v) is 11.6. The van der Waals surface area contributed by atoms with E-state index in [1.165, 1.54) is 19.3 Å². The first kappa shape index (κ1) is 15.4. The molecular formula is C14H28N2O2. The molecule has 0 spiro atoms. The van der Waals surface area contributed by atoms with Gasteiger partial charge in [-0.15, -0.1) is 0 Å². The molecule has 4 heteroatoms. The van der Waals surface area contributed by atoms with Crippen molar-refractivity contribution in [3.05, 3.63) is 0 Å². The molecule has 1 saturated carbocycles. The third kappa shape index (κ3) is 6.36. The molecule has 0 aromatic carbocycles. The second-order valence-corrected chi connectivity index (χ2v) is 5.38. The minimum absolute atomic E-state index is 0.0216. The molecule has 0 heterocycles. The summed E-state index contributed by atoms with van der Waals surface area (Å²) in [5.41, 5.74) is 8.07. The summed E-state index contributed by atoms with van der Waals surface area (Å²) in [6.07, 6.45) is 10.2. The van der Waals surface area contributed by atoms with E-state index in [4.69, 9.17) is 10.6 Å². The van der Waals surface area contributed by atoms with Gasteiger partial charge in [0.05, 0.1) is 6.10 Å². The van der Waals surface area contributed by atoms with Crippen LogP contribution >= 0.6 is 0 Å². The Morgan fingerprint density at radius 1 is 1.28 bits per heavy atom. The minimum atomic E-state index is 0.0216. The fourth-order valence-corrected chi connectivity index (χ4v) is 2.33. The number of hydrogen-bond donors (Lipinski definition) is 2. The van der Waals surface area contributed by atoms with Crippen LogP contribution in [0.4, 0.5) is 0 Å². The smallest absolute Gasteiger partial charge is 0.246 e. The third-order valence-corrected chi connectivity index (χ3v) is 3.67. The number of hydroxylamine groups is 1. The van der Waals surface area contributed by atoms with Crippen LogP contribution in [-0.4, -0.2) is 18.6 Å². The van der Waals surface area contributed by atoms with Crippen LogP contribution in [0.5, 0.6) is 0 Å². The predicted octanol–water partition coefficient (Wildman–Crippen LogP) is 2.52. The van der Waals surface area contributed by atoms with Crippen molar-refractivity contribution in [2.45, 2.75) is 70.8 Å². The molecule has 0 unspecified atom stereocenters. The Balaban J connectivity index is 2.07. The molecule has 1 aliphatic carbocycles. The van der Waals surface area contributed by atoms with E-state index in [-0.39, 0.29) is 17.9 Å². The van der Waals surface area contributed by atoms with Gasteiger partial charge in [-0.25, -0.2) is 5.48 Å². The number of amides is 1. The van der Waals surface area contributed by atoms with Crippen molar-refractivity contribution >= 4 is 5.91 Å². The van der Waals surface area contributed by atoms with Gasteiger partial charge >= 0.3 is 0 Å². The summed E-state index contributed by atoms with van der Waals surface area (Å²) in [6, 6.07) is 0. The zero-order chi connectivity index (χ0) is 13.2. The molecule has 0 bridgehead atoms. The van der Waals surface area contributed by atoms with Crippen molar-refractivity contribution in [3.8, 4) is 0 Å². The Labute approximate surface area is 111 Å². The summed E-state index contributed by atoms with van der Waals surface area (Å²) in [6.45, 7) is 2.70. The van der Waals surface area contributed by atoms with Gasteiger partial charge in [-0.05, 0) is 32.2 Å². The van der Waals surface area contributed by atoms with Crippen molar-refractivity contribution in [1.29, 1.82) is 0 Å². The van der Waals surface area contributed by atoms with Gasteiger partial charge in [0, 0.05) is 5.92 Å². The molecule has 106 valence electrons. The molecule has 0 radical (unpaired) electrons. The van der Waals surface area contributed by atoms with Crippen molar-refractivity contribution in [2.24, 2.45) is 11.7 Å². The van der Waals surface area contributed by atoms with Gasteiger partial charge in [0.2, 0.25) is 5.91 Å². The van der Waals surface area contributed by atoms with E-state index < -0.39 is 0 Å². The van der Waals surface area contributed by atoms with Crippen LogP contribution in [0.3, 0.4) is 0 Å². The fourth-order valence-electron chi connectivity index (χ4n) is 2.33. The van der Waals surface area contributed by atoms with E-state index in [1.807, 2.05) is 6.92 Å². The highest BCUT2D eigenvalue weighted by atomic mass is 16.7. The monoisotopic (exact) mass is 256 g/mol. The van der Waals surface area contributed by atoms with E-state index in [0.717, 1.165) is 45.1 Å². The first-order valence-corrected chi connectivity index (χ1v) is 7.39. The Kier molecular flexibility index (Phi) is 8.01. The quantitative estimate of drug-likeness (QED) is 0.518. The van der Waals surface area contributed by atoms with Crippen LogP contribution in [-0.2, 0) is 9.63 Å². The summed E-state index contributed by atoms with van der Waals surface area (Å²) in [5.74, 6) is 0.0553. The maximum absolute atomic E-state index is 11.8. The summed E-state index contributed by atoms with van der Waals surface area (Å²) in [4.78, 5) is 17.3. The van der Waals surface area contributed by atoms with Gasteiger partial charge in [-0.3, -0.25) is 9.63 Å². The summed E-state index contributed by atoms with van der Waals surface area (Å²) in [5, 5.41) is 0. The highest BCUT2D eigenvalue weighted by molar-refractivity contribution is 5.77. The number of unbranched alkanes of at least 4 members (excludes halogenated alkanes) is 2. The molecule has 0 aromatic heterocycles. The zero-order valence-electron chi connectivity index (χ0n) is 11.6. The normalized spacial score (nSPS) is 18.6. The lowest BCUT2D eigenvalue weighted by Gasteiger charge is -2.22. The van der Waals surface area contributed by atoms with E-state index >= 15 is 0 Å². The average Bonchev–Trinajstić information content (AvgIpc) is 2.42. The number of rotatable bonds is 8. The lowest BCUT2D eigenvalue weighted by molar-refractivity contribution is -0.144. The summed E-state index contributed by atoms with van der Waals surface area (Å²) < 4.78 is 0. The number of hydrogen-bond acceptors (Lipinski definition) is 3. The van der Waals surface area contributed by atoms with Gasteiger partial charge in [0.25, 0.3) is 0 Å². The molecule has 1 amide bonds. The van der Waals surface area contributed by atoms with Crippen molar-refractivity contribution in [2.75, 3.05) is 6.54 Å². The molecule has 1 rings (SSSR count). The molecule has 1 fully saturated rings. The van der Waals surface area contributed by atoms with Crippen LogP contribution in [0, 0.1) is 5.92 Å². The van der Waals surface area contributed by atoms with Gasteiger partial charge < -0.3 is 5.73 Å². The number of carbonyl (C=O) groups excluding carboxylic acids is 1. The first-order valence-electron chi connectivity index (χ1n) is 7.39. The standard InChI is InChI=1S/C14H28N2O2/c1-12(8-4-3-7-11-15)14(17)16-18-13-9-5-2-6-10-13/h12-13H,2-11,15H2,1H3,(H,16,17)/t12-/m0/s1. The van der Waals surface area contributed by atoms with Crippen molar-refractivity contribution in [3.63, 3.8) is 0 Å². The van der Waals surface area contributed by atoms with Crippen LogP contribution in [0.25, 0.3) is 0 Å². The molecule has 1 aliphatic rings. The van der Waals surface area contributed by atoms with Crippen molar-refractivity contribution in [1.82, 2.24) is 5.48 Å². The lowest BCUT2D eigenvalue weighted by Crippen LogP contribution is -2.34. The topological polar surface area (TPSA) is 64.4 Å². The van der Waals surface area contributed by atoms with Crippen LogP contribution < -0.4 is 11.2 Å². The Morgan fingerprint density at radius 2 is 2.00 bits per heavy atom. The second kappa shape index (κ2) is 9.34. The SMILES string of the molecule is C[C@@H](CCCCCN)C(=O)NOC1CCCCC1. The largest absolute Gasteiger partial charge is 0.330 e. The Morgan fingerprint density at radius 3 is 2.67 bits per heavy atom. The molecule has 4 nitrogen and oxygen atoms in total. The maximum Gasteiger partial charge on any atom is 0.246 e. The van der Waals surface area contributed by atoms with E-state index in [2.05, 4.69) is 5.48 Å². The van der Waals surface area contributed by atoms with Crippen LogP contribution in [0.2, 0.25) is 0 Å². The molecule has 3 N–H and O–H groups in total. The predicted molar refractivity (Wildman–Crippen MR) is 72.8 cm³/mol. The Hall–Kier alpha value is -0.610. The highest BCUT2D eigenvalue weighted by Crippen LogP contribution is 2.19. The van der Waals surface area contributed by atoms with Gasteiger partial charge in [0.1, 0.15) is 0 Å². The summed E-state index contributed by atoms with van der Waals surface area (Å²) in [7, 11) is 0. The van der Waals surface area contributed by atoms with Crippen LogP contribution in [0.1, 0.15) is 64.7 Å². The van der Waals surface area contributed by atoms with Gasteiger partial charge in [-0.2, -0.15) is 0 Å². The molecule has 1 atom stereocenters. The maximum atomic E-state index is 11.8. The molecule has 18 heavy (non-hydrogen) atoms. The highest BCUT2D eigenvalue weighted by Gasteiger charge is 2.17. The third-order valence-electron chi connectivity index (χ3n) is 3.67. The molecule has 0 aromatic rings. The second-order valence-electron chi connectivity index (χ2n) is 5.38.